The molecule has 0 aromatic heterocycles. The molecule has 0 radical (unpaired) electrons. The van der Waals surface area contributed by atoms with Gasteiger partial charge in [-0.15, -0.1) is 0 Å². The van der Waals surface area contributed by atoms with Crippen LogP contribution in [-0.2, 0) is 6.42 Å². The molecule has 0 aliphatic heterocycles. The smallest absolute Gasteiger partial charge is 0.192 e. The Bertz CT molecular complexity index is 829. The third-order valence-corrected chi connectivity index (χ3v) is 4.26. The summed E-state index contributed by atoms with van der Waals surface area (Å²) in [5.41, 5.74) is 7.18. The van der Waals surface area contributed by atoms with Crippen LogP contribution in [-0.4, -0.2) is 0 Å². The van der Waals surface area contributed by atoms with Gasteiger partial charge in [-0.1, -0.05) is 107 Å². The van der Waals surface area contributed by atoms with Gasteiger partial charge < -0.3 is 0 Å². The van der Waals surface area contributed by atoms with Gasteiger partial charge in [0.05, 0.1) is 6.07 Å². The van der Waals surface area contributed by atoms with E-state index < -0.39 is 0 Å². The van der Waals surface area contributed by atoms with E-state index in [2.05, 4.69) is 54.6 Å². The second-order valence-corrected chi connectivity index (χ2v) is 5.56. The Kier molecular flexibility index (Phi) is 4.59. The van der Waals surface area contributed by atoms with Gasteiger partial charge in [-0.25, -0.2) is 0 Å². The largest absolute Gasteiger partial charge is 1.00 e. The fourth-order valence-corrected chi connectivity index (χ4v) is 3.21. The van der Waals surface area contributed by atoms with Crippen LogP contribution in [0.5, 0.6) is 0 Å². The molecule has 0 unspecified atom stereocenters. The molecule has 3 aromatic carbocycles. The van der Waals surface area contributed by atoms with E-state index in [4.69, 9.17) is 5.26 Å². The van der Waals surface area contributed by atoms with Crippen LogP contribution in [0.3, 0.4) is 0 Å². The van der Waals surface area contributed by atoms with Crippen LogP contribution in [0.1, 0.15) is 33.4 Å². The number of fused-ring (bicyclic) bond motifs is 2. The van der Waals surface area contributed by atoms with Gasteiger partial charge in [-0.2, -0.15) is 5.26 Å². The van der Waals surface area contributed by atoms with Gasteiger partial charge in [-0.3, -0.25) is 0 Å². The van der Waals surface area contributed by atoms with E-state index in [9.17, 15) is 0 Å². The first-order valence-corrected chi connectivity index (χ1v) is 7.41. The van der Waals surface area contributed by atoms with Crippen molar-refractivity contribution in [2.75, 3.05) is 0 Å². The van der Waals surface area contributed by atoms with Crippen LogP contribution in [0.2, 0.25) is 0 Å². The Balaban J connectivity index is 0.00000156. The molecule has 0 amide bonds. The maximum Gasteiger partial charge on any atom is 1.00 e. The van der Waals surface area contributed by atoms with Crippen molar-refractivity contribution in [2.45, 2.75) is 6.42 Å². The Hall–Kier alpha value is -1.98. The van der Waals surface area contributed by atoms with Crippen molar-refractivity contribution in [1.82, 2.24) is 0 Å². The summed E-state index contributed by atoms with van der Waals surface area (Å²) >= 11 is 0. The molecular weight excluding hydrogens is 289 g/mol. The zero-order valence-corrected chi connectivity index (χ0v) is 15.1. The molecule has 1 nitrogen and oxygen atoms in total. The fourth-order valence-electron chi connectivity index (χ4n) is 3.21. The summed E-state index contributed by atoms with van der Waals surface area (Å²) in [6.45, 7) is 0. The van der Waals surface area contributed by atoms with E-state index in [1.165, 1.54) is 33.7 Å². The molecule has 1 aliphatic carbocycles. The van der Waals surface area contributed by atoms with E-state index in [0.717, 1.165) is 6.42 Å². The summed E-state index contributed by atoms with van der Waals surface area (Å²) in [7, 11) is 0. The number of nitrogens with zero attached hydrogens (tertiary/aromatic N) is 1. The average molecular weight is 303 g/mol. The molecule has 0 N–H and O–H groups in total. The number of benzene rings is 3. The quantitative estimate of drug-likeness (QED) is 0.386. The summed E-state index contributed by atoms with van der Waals surface area (Å²) in [6, 6.07) is 27.2. The molecular formula is C21H14NNa. The SMILES string of the molecule is N#Cc1ccc([C-]2c3ccccc3Cc3ccccc32)cc1.[Na+]. The summed E-state index contributed by atoms with van der Waals surface area (Å²) in [5.74, 6) is 1.27. The summed E-state index contributed by atoms with van der Waals surface area (Å²) in [5, 5.41) is 9.00. The Labute approximate surface area is 158 Å². The number of rotatable bonds is 1. The molecule has 0 fully saturated rings. The number of hydrogen-bond acceptors (Lipinski definition) is 1. The van der Waals surface area contributed by atoms with Crippen molar-refractivity contribution < 1.29 is 29.6 Å². The summed E-state index contributed by atoms with van der Waals surface area (Å²) in [4.78, 5) is 0. The number of hydrogen-bond donors (Lipinski definition) is 0. The predicted molar refractivity (Wildman–Crippen MR) is 87.4 cm³/mol. The second-order valence-electron chi connectivity index (χ2n) is 5.56. The van der Waals surface area contributed by atoms with Crippen LogP contribution in [0.4, 0.5) is 0 Å². The molecule has 0 saturated heterocycles. The van der Waals surface area contributed by atoms with Crippen LogP contribution >= 0.6 is 0 Å². The van der Waals surface area contributed by atoms with Gasteiger partial charge in [0.15, 0.2) is 0 Å². The average Bonchev–Trinajstić information content (AvgIpc) is 2.60. The van der Waals surface area contributed by atoms with Crippen molar-refractivity contribution in [3.05, 3.63) is 112 Å². The zero-order chi connectivity index (χ0) is 14.9. The molecule has 0 spiro atoms. The van der Waals surface area contributed by atoms with Crippen LogP contribution in [0.15, 0.2) is 72.8 Å². The number of nitriles is 1. The van der Waals surface area contributed by atoms with E-state index >= 15 is 0 Å². The monoisotopic (exact) mass is 303 g/mol. The van der Waals surface area contributed by atoms with E-state index in [1.54, 1.807) is 0 Å². The maximum atomic E-state index is 9.00. The molecule has 4 rings (SSSR count). The summed E-state index contributed by atoms with van der Waals surface area (Å²) < 4.78 is 0. The van der Waals surface area contributed by atoms with Crippen molar-refractivity contribution in [3.63, 3.8) is 0 Å². The van der Waals surface area contributed by atoms with E-state index in [0.29, 0.717) is 5.56 Å². The molecule has 0 bridgehead atoms. The molecule has 1 aliphatic rings. The van der Waals surface area contributed by atoms with Crippen LogP contribution < -0.4 is 29.6 Å². The maximum absolute atomic E-state index is 9.00. The molecule has 0 atom stereocenters. The van der Waals surface area contributed by atoms with Crippen molar-refractivity contribution in [1.29, 1.82) is 5.26 Å². The topological polar surface area (TPSA) is 23.8 Å². The normalized spacial score (nSPS) is 11.7. The molecule has 104 valence electrons. The standard InChI is InChI=1S/C21H14N.Na/c22-14-15-9-11-16(12-10-15)21-19-7-3-1-5-17(19)13-18-6-2-4-8-20(18)21;/h1-12H,13H2;/q-1;+1. The molecule has 3 aromatic rings. The van der Waals surface area contributed by atoms with Crippen LogP contribution in [0, 0.1) is 17.2 Å². The molecule has 23 heavy (non-hydrogen) atoms. The fraction of sp³-hybridized carbons (Fsp3) is 0.0476. The first kappa shape index (κ1) is 15.9. The first-order chi connectivity index (χ1) is 10.9. The van der Waals surface area contributed by atoms with Crippen molar-refractivity contribution >= 4 is 0 Å². The minimum atomic E-state index is 0. The first-order valence-electron chi connectivity index (χ1n) is 7.41. The minimum Gasteiger partial charge on any atom is -0.192 e. The van der Waals surface area contributed by atoms with Crippen molar-refractivity contribution in [2.24, 2.45) is 0 Å². The third kappa shape index (κ3) is 2.82. The van der Waals surface area contributed by atoms with Crippen LogP contribution in [0.25, 0.3) is 0 Å². The van der Waals surface area contributed by atoms with Gasteiger partial charge in [-0.05, 0) is 6.42 Å². The van der Waals surface area contributed by atoms with Crippen molar-refractivity contribution in [3.8, 4) is 6.07 Å². The Morgan fingerprint density at radius 2 is 1.26 bits per heavy atom. The Morgan fingerprint density at radius 1 is 0.739 bits per heavy atom. The third-order valence-electron chi connectivity index (χ3n) is 4.26. The molecule has 2 heteroatoms. The van der Waals surface area contributed by atoms with Gasteiger partial charge in [0.2, 0.25) is 0 Å². The minimum absolute atomic E-state index is 0. The molecule has 0 saturated carbocycles. The summed E-state index contributed by atoms with van der Waals surface area (Å²) in [6.07, 6.45) is 0.978. The zero-order valence-electron chi connectivity index (χ0n) is 13.1. The predicted octanol–water partition coefficient (Wildman–Crippen LogP) is 1.49. The second kappa shape index (κ2) is 6.64. The van der Waals surface area contributed by atoms with Gasteiger partial charge in [0, 0.05) is 5.56 Å². The molecule has 0 heterocycles. The van der Waals surface area contributed by atoms with Gasteiger partial charge >= 0.3 is 29.6 Å². The van der Waals surface area contributed by atoms with E-state index in [1.807, 2.05) is 24.3 Å². The van der Waals surface area contributed by atoms with Gasteiger partial charge in [0.25, 0.3) is 0 Å². The van der Waals surface area contributed by atoms with Gasteiger partial charge in [0.1, 0.15) is 0 Å². The Morgan fingerprint density at radius 3 is 1.78 bits per heavy atom. The van der Waals surface area contributed by atoms with E-state index in [-0.39, 0.29) is 29.6 Å².